The second kappa shape index (κ2) is 10.2. The lowest BCUT2D eigenvalue weighted by atomic mass is 9.98. The number of alkyl halides is 3. The molecular formula is C26H17ClF3N3O3. The summed E-state index contributed by atoms with van der Waals surface area (Å²) in [5.41, 5.74) is 0.566. The first-order chi connectivity index (χ1) is 17.2. The summed E-state index contributed by atoms with van der Waals surface area (Å²) < 4.78 is 49.7. The van der Waals surface area contributed by atoms with Crippen LogP contribution in [0.5, 0.6) is 17.2 Å². The molecular weight excluding hydrogens is 495 g/mol. The number of fused-ring (bicyclic) bond motifs is 1. The second-order valence-electron chi connectivity index (χ2n) is 7.72. The zero-order chi connectivity index (χ0) is 25.9. The van der Waals surface area contributed by atoms with Crippen LogP contribution in [0.2, 0.25) is 5.02 Å². The predicted molar refractivity (Wildman–Crippen MR) is 126 cm³/mol. The molecule has 0 saturated heterocycles. The summed E-state index contributed by atoms with van der Waals surface area (Å²) in [5.74, 6) is -0.983. The molecule has 10 heteroatoms. The molecule has 2 unspecified atom stereocenters. The van der Waals surface area contributed by atoms with Crippen molar-refractivity contribution in [3.63, 3.8) is 0 Å². The highest BCUT2D eigenvalue weighted by molar-refractivity contribution is 6.32. The van der Waals surface area contributed by atoms with E-state index in [1.807, 2.05) is 12.1 Å². The molecule has 182 valence electrons. The van der Waals surface area contributed by atoms with Gasteiger partial charge < -0.3 is 9.47 Å². The number of hydrogen-bond acceptors (Lipinski definition) is 6. The Morgan fingerprint density at radius 3 is 2.33 bits per heavy atom. The van der Waals surface area contributed by atoms with Crippen molar-refractivity contribution in [1.82, 2.24) is 9.97 Å². The van der Waals surface area contributed by atoms with Crippen molar-refractivity contribution in [3.8, 4) is 23.3 Å². The summed E-state index contributed by atoms with van der Waals surface area (Å²) in [4.78, 5) is 21.6. The number of aromatic nitrogens is 2. The van der Waals surface area contributed by atoms with E-state index in [4.69, 9.17) is 21.1 Å². The van der Waals surface area contributed by atoms with Gasteiger partial charge in [-0.05, 0) is 61.5 Å². The molecule has 0 spiro atoms. The number of benzene rings is 3. The minimum absolute atomic E-state index is 0.0511. The van der Waals surface area contributed by atoms with Crippen LogP contribution in [0.25, 0.3) is 11.0 Å². The molecule has 6 nitrogen and oxygen atoms in total. The molecule has 0 N–H and O–H groups in total. The van der Waals surface area contributed by atoms with Gasteiger partial charge in [-0.15, -0.1) is 0 Å². The minimum atomic E-state index is -4.51. The number of ether oxygens (including phenoxy) is 2. The standard InChI is InChI=1S/C26H17ClF3N3O3/c1-15(25(34)19(13-31)23-14-32-21-4-2-3-5-22(21)33-23)35-17-7-9-18(10-8-17)36-24-11-6-16(12-20(24)27)26(28,29)30/h2-12,14-15,19H,1H3. The van der Waals surface area contributed by atoms with Crippen LogP contribution in [0.1, 0.15) is 24.1 Å². The van der Waals surface area contributed by atoms with Crippen molar-refractivity contribution in [2.45, 2.75) is 25.1 Å². The van der Waals surface area contributed by atoms with Crippen molar-refractivity contribution in [2.24, 2.45) is 0 Å². The molecule has 1 aromatic heterocycles. The van der Waals surface area contributed by atoms with Gasteiger partial charge in [-0.25, -0.2) is 4.98 Å². The molecule has 1 heterocycles. The van der Waals surface area contributed by atoms with Crippen LogP contribution in [-0.4, -0.2) is 21.9 Å². The Kier molecular flexibility index (Phi) is 7.08. The molecule has 0 radical (unpaired) electrons. The molecule has 0 fully saturated rings. The van der Waals surface area contributed by atoms with E-state index in [-0.39, 0.29) is 16.5 Å². The maximum atomic E-state index is 12.9. The molecule has 36 heavy (non-hydrogen) atoms. The van der Waals surface area contributed by atoms with Gasteiger partial charge in [0, 0.05) is 0 Å². The average molecular weight is 512 g/mol. The van der Waals surface area contributed by atoms with E-state index in [1.165, 1.54) is 37.4 Å². The fourth-order valence-electron chi connectivity index (χ4n) is 3.36. The predicted octanol–water partition coefficient (Wildman–Crippen LogP) is 6.74. The lowest BCUT2D eigenvalue weighted by molar-refractivity contribution is -0.137. The fraction of sp³-hybridized carbons (Fsp3) is 0.154. The number of rotatable bonds is 7. The van der Waals surface area contributed by atoms with E-state index in [2.05, 4.69) is 9.97 Å². The molecule has 0 aliphatic heterocycles. The molecule has 4 aromatic rings. The lowest BCUT2D eigenvalue weighted by Crippen LogP contribution is -2.29. The van der Waals surface area contributed by atoms with Gasteiger partial charge >= 0.3 is 6.18 Å². The first-order valence-corrected chi connectivity index (χ1v) is 11.0. The topological polar surface area (TPSA) is 85.1 Å². The number of ketones is 1. The molecule has 0 aliphatic carbocycles. The highest BCUT2D eigenvalue weighted by Gasteiger charge is 2.31. The van der Waals surface area contributed by atoms with Gasteiger partial charge in [0.2, 0.25) is 0 Å². The lowest BCUT2D eigenvalue weighted by Gasteiger charge is -2.17. The van der Waals surface area contributed by atoms with Crippen LogP contribution >= 0.6 is 11.6 Å². The normalized spacial score (nSPS) is 13.0. The molecule has 0 saturated carbocycles. The summed E-state index contributed by atoms with van der Waals surface area (Å²) in [5, 5.41) is 9.42. The monoisotopic (exact) mass is 511 g/mol. The van der Waals surface area contributed by atoms with Crippen LogP contribution in [0.15, 0.2) is 72.9 Å². The smallest absolute Gasteiger partial charge is 0.416 e. The van der Waals surface area contributed by atoms with E-state index in [0.717, 1.165) is 18.2 Å². The van der Waals surface area contributed by atoms with Gasteiger partial charge in [0.1, 0.15) is 17.2 Å². The molecule has 0 bridgehead atoms. The van der Waals surface area contributed by atoms with Crippen LogP contribution in [0, 0.1) is 11.3 Å². The number of nitrogens with zero attached hydrogens (tertiary/aromatic N) is 3. The van der Waals surface area contributed by atoms with Gasteiger partial charge in [-0.3, -0.25) is 9.78 Å². The van der Waals surface area contributed by atoms with E-state index < -0.39 is 29.5 Å². The zero-order valence-electron chi connectivity index (χ0n) is 18.7. The Bertz CT molecular complexity index is 1450. The van der Waals surface area contributed by atoms with Gasteiger partial charge in [-0.2, -0.15) is 18.4 Å². The SMILES string of the molecule is CC(Oc1ccc(Oc2ccc(C(F)(F)F)cc2Cl)cc1)C(=O)C(C#N)c1cnc2ccccc2n1. The fourth-order valence-corrected chi connectivity index (χ4v) is 3.58. The Labute approximate surface area is 208 Å². The number of hydrogen-bond donors (Lipinski definition) is 0. The third kappa shape index (κ3) is 5.56. The van der Waals surface area contributed by atoms with Crippen molar-refractivity contribution in [2.75, 3.05) is 0 Å². The third-order valence-corrected chi connectivity index (χ3v) is 5.50. The highest BCUT2D eigenvalue weighted by atomic mass is 35.5. The van der Waals surface area contributed by atoms with Gasteiger partial charge in [0.25, 0.3) is 0 Å². The number of nitriles is 1. The average Bonchev–Trinajstić information content (AvgIpc) is 2.86. The van der Waals surface area contributed by atoms with Crippen LogP contribution in [0.3, 0.4) is 0 Å². The molecule has 0 amide bonds. The molecule has 0 aliphatic rings. The van der Waals surface area contributed by atoms with E-state index in [0.29, 0.717) is 22.5 Å². The zero-order valence-corrected chi connectivity index (χ0v) is 19.4. The maximum absolute atomic E-state index is 12.9. The highest BCUT2D eigenvalue weighted by Crippen LogP contribution is 2.36. The van der Waals surface area contributed by atoms with Crippen LogP contribution in [0.4, 0.5) is 13.2 Å². The van der Waals surface area contributed by atoms with Crippen LogP contribution < -0.4 is 9.47 Å². The summed E-state index contributed by atoms with van der Waals surface area (Å²) in [7, 11) is 0. The summed E-state index contributed by atoms with van der Waals surface area (Å²) in [6.07, 6.45) is -4.08. The number of Topliss-reactive ketones (excluding diaryl/α,β-unsaturated/α-hetero) is 1. The Hall–Kier alpha value is -4.16. The maximum Gasteiger partial charge on any atom is 0.416 e. The van der Waals surface area contributed by atoms with Crippen LogP contribution in [-0.2, 0) is 11.0 Å². The van der Waals surface area contributed by atoms with Crippen molar-refractivity contribution in [1.29, 1.82) is 5.26 Å². The number of halogens is 4. The van der Waals surface area contributed by atoms with E-state index in [1.54, 1.807) is 18.2 Å². The minimum Gasteiger partial charge on any atom is -0.483 e. The Balaban J connectivity index is 1.43. The first-order valence-electron chi connectivity index (χ1n) is 10.6. The molecule has 2 atom stereocenters. The Morgan fingerprint density at radius 2 is 1.69 bits per heavy atom. The second-order valence-corrected chi connectivity index (χ2v) is 8.13. The summed E-state index contributed by atoms with van der Waals surface area (Å²) in [6.45, 7) is 1.52. The molecule has 3 aromatic carbocycles. The largest absolute Gasteiger partial charge is 0.483 e. The van der Waals surface area contributed by atoms with Crippen molar-refractivity contribution in [3.05, 3.63) is 89.2 Å². The van der Waals surface area contributed by atoms with Gasteiger partial charge in [0.05, 0.1) is 39.6 Å². The van der Waals surface area contributed by atoms with Crippen molar-refractivity contribution < 1.29 is 27.4 Å². The van der Waals surface area contributed by atoms with Gasteiger partial charge in [-0.1, -0.05) is 23.7 Å². The Morgan fingerprint density at radius 1 is 1.03 bits per heavy atom. The third-order valence-electron chi connectivity index (χ3n) is 5.20. The number of carbonyl (C=O) groups is 1. The first kappa shape index (κ1) is 24.9. The van der Waals surface area contributed by atoms with Gasteiger partial charge in [0.15, 0.2) is 17.8 Å². The summed E-state index contributed by atoms with van der Waals surface area (Å²) >= 11 is 5.92. The van der Waals surface area contributed by atoms with Crippen molar-refractivity contribution >= 4 is 28.4 Å². The summed E-state index contributed by atoms with van der Waals surface area (Å²) in [6, 6.07) is 17.9. The molecule has 4 rings (SSSR count). The number of para-hydroxylation sites is 2. The van der Waals surface area contributed by atoms with E-state index in [9.17, 15) is 23.2 Å². The number of carbonyl (C=O) groups excluding carboxylic acids is 1. The van der Waals surface area contributed by atoms with E-state index >= 15 is 0 Å². The quantitative estimate of drug-likeness (QED) is 0.273.